The van der Waals surface area contributed by atoms with Gasteiger partial charge in [0.1, 0.15) is 0 Å². The number of carbonyl (C=O) groups is 1. The summed E-state index contributed by atoms with van der Waals surface area (Å²) >= 11 is 0. The number of carboxylic acids is 1. The summed E-state index contributed by atoms with van der Waals surface area (Å²) in [5, 5.41) is 9.20. The molecule has 1 heterocycles. The van der Waals surface area contributed by atoms with E-state index in [1.165, 1.54) is 0 Å². The van der Waals surface area contributed by atoms with Crippen LogP contribution in [0.5, 0.6) is 0 Å². The summed E-state index contributed by atoms with van der Waals surface area (Å²) in [5.74, 6) is -0.867. The fourth-order valence-corrected chi connectivity index (χ4v) is 2.31. The molecule has 0 radical (unpaired) electrons. The molecule has 0 aliphatic rings. The lowest BCUT2D eigenvalue weighted by molar-refractivity contribution is 0.0695. The van der Waals surface area contributed by atoms with Gasteiger partial charge < -0.3 is 5.11 Å². The summed E-state index contributed by atoms with van der Waals surface area (Å²) in [4.78, 5) is 17.5. The first-order valence-electron chi connectivity index (χ1n) is 7.01. The molecule has 0 spiro atoms. The second-order valence-corrected chi connectivity index (χ2v) is 5.16. The molecule has 0 amide bonds. The third-order valence-corrected chi connectivity index (χ3v) is 3.81. The summed E-state index contributed by atoms with van der Waals surface area (Å²) in [6.45, 7) is 2.92. The van der Waals surface area contributed by atoms with Crippen molar-refractivity contribution in [3.05, 3.63) is 65.5 Å². The lowest BCUT2D eigenvalue weighted by Gasteiger charge is -2.25. The van der Waals surface area contributed by atoms with Crippen molar-refractivity contribution in [2.45, 2.75) is 19.4 Å². The van der Waals surface area contributed by atoms with E-state index in [0.717, 1.165) is 17.7 Å². The monoisotopic (exact) mass is 284 g/mol. The molecular weight excluding hydrogens is 264 g/mol. The first kappa shape index (κ1) is 15.2. The minimum atomic E-state index is -0.867. The van der Waals surface area contributed by atoms with E-state index in [1.807, 2.05) is 31.4 Å². The van der Waals surface area contributed by atoms with E-state index in [4.69, 9.17) is 0 Å². The number of nitrogens with zero attached hydrogens (tertiary/aromatic N) is 2. The van der Waals surface area contributed by atoms with Gasteiger partial charge in [-0.2, -0.15) is 0 Å². The standard InChI is InChI=1S/C17H20N2O2/c1-13(15-7-5-10-18-12-15)19(2)11-9-14-6-3-4-8-16(14)17(20)21/h3-8,10,12-13H,9,11H2,1-2H3,(H,20,21). The van der Waals surface area contributed by atoms with Gasteiger partial charge in [-0.1, -0.05) is 24.3 Å². The highest BCUT2D eigenvalue weighted by Gasteiger charge is 2.14. The van der Waals surface area contributed by atoms with Gasteiger partial charge in [-0.25, -0.2) is 4.79 Å². The lowest BCUT2D eigenvalue weighted by Crippen LogP contribution is -2.25. The smallest absolute Gasteiger partial charge is 0.335 e. The topological polar surface area (TPSA) is 53.4 Å². The minimum Gasteiger partial charge on any atom is -0.478 e. The van der Waals surface area contributed by atoms with E-state index in [9.17, 15) is 9.90 Å². The Morgan fingerprint density at radius 1 is 1.29 bits per heavy atom. The normalized spacial score (nSPS) is 12.3. The van der Waals surface area contributed by atoms with Crippen molar-refractivity contribution < 1.29 is 9.90 Å². The molecule has 110 valence electrons. The largest absolute Gasteiger partial charge is 0.478 e. The van der Waals surface area contributed by atoms with Crippen LogP contribution >= 0.6 is 0 Å². The Morgan fingerprint density at radius 3 is 2.71 bits per heavy atom. The summed E-state index contributed by atoms with van der Waals surface area (Å²) in [6, 6.07) is 11.4. The number of pyridine rings is 1. The zero-order valence-electron chi connectivity index (χ0n) is 12.4. The van der Waals surface area contributed by atoms with Crippen molar-refractivity contribution in [2.75, 3.05) is 13.6 Å². The van der Waals surface area contributed by atoms with Gasteiger partial charge in [0.05, 0.1) is 5.56 Å². The third-order valence-electron chi connectivity index (χ3n) is 3.81. The van der Waals surface area contributed by atoms with Crippen LogP contribution in [0.1, 0.15) is 34.5 Å². The highest BCUT2D eigenvalue weighted by Crippen LogP contribution is 2.18. The van der Waals surface area contributed by atoms with Gasteiger partial charge in [0.25, 0.3) is 0 Å². The van der Waals surface area contributed by atoms with Crippen LogP contribution < -0.4 is 0 Å². The number of hydrogen-bond donors (Lipinski definition) is 1. The van der Waals surface area contributed by atoms with Gasteiger partial charge in [-0.05, 0) is 43.7 Å². The van der Waals surface area contributed by atoms with E-state index >= 15 is 0 Å². The van der Waals surface area contributed by atoms with Crippen molar-refractivity contribution in [2.24, 2.45) is 0 Å². The predicted molar refractivity (Wildman–Crippen MR) is 82.4 cm³/mol. The molecule has 0 bridgehead atoms. The quantitative estimate of drug-likeness (QED) is 0.886. The zero-order chi connectivity index (χ0) is 15.2. The Labute approximate surface area is 125 Å². The van der Waals surface area contributed by atoms with Crippen molar-refractivity contribution >= 4 is 5.97 Å². The van der Waals surface area contributed by atoms with Crippen LogP contribution in [0.2, 0.25) is 0 Å². The molecule has 0 saturated carbocycles. The fraction of sp³-hybridized carbons (Fsp3) is 0.294. The van der Waals surface area contributed by atoms with Crippen molar-refractivity contribution in [1.29, 1.82) is 0 Å². The van der Waals surface area contributed by atoms with Gasteiger partial charge in [0.2, 0.25) is 0 Å². The van der Waals surface area contributed by atoms with Crippen molar-refractivity contribution in [3.8, 4) is 0 Å². The molecule has 1 unspecified atom stereocenters. The number of carboxylic acid groups (broad SMARTS) is 1. The molecule has 1 aromatic carbocycles. The Hall–Kier alpha value is -2.20. The average molecular weight is 284 g/mol. The van der Waals surface area contributed by atoms with Gasteiger partial charge in [-0.15, -0.1) is 0 Å². The van der Waals surface area contributed by atoms with Gasteiger partial charge in [0, 0.05) is 25.0 Å². The maximum absolute atomic E-state index is 11.2. The summed E-state index contributed by atoms with van der Waals surface area (Å²) in [6.07, 6.45) is 4.34. The van der Waals surface area contributed by atoms with E-state index < -0.39 is 5.97 Å². The van der Waals surface area contributed by atoms with Crippen LogP contribution in [0, 0.1) is 0 Å². The molecule has 1 N–H and O–H groups in total. The first-order valence-corrected chi connectivity index (χ1v) is 7.01. The van der Waals surface area contributed by atoms with Crippen molar-refractivity contribution in [3.63, 3.8) is 0 Å². The molecule has 0 saturated heterocycles. The molecule has 4 nitrogen and oxygen atoms in total. The molecule has 21 heavy (non-hydrogen) atoms. The first-order chi connectivity index (χ1) is 10.1. The third kappa shape index (κ3) is 3.89. The Morgan fingerprint density at radius 2 is 2.05 bits per heavy atom. The number of aromatic nitrogens is 1. The predicted octanol–water partition coefficient (Wildman–Crippen LogP) is 3.02. The number of benzene rings is 1. The fourth-order valence-electron chi connectivity index (χ4n) is 2.31. The molecule has 4 heteroatoms. The van der Waals surface area contributed by atoms with E-state index in [0.29, 0.717) is 12.0 Å². The second-order valence-electron chi connectivity index (χ2n) is 5.16. The molecule has 2 aromatic rings. The SMILES string of the molecule is CC(c1cccnc1)N(C)CCc1ccccc1C(=O)O. The molecule has 0 fully saturated rings. The van der Waals surface area contributed by atoms with E-state index in [2.05, 4.69) is 22.9 Å². The maximum Gasteiger partial charge on any atom is 0.335 e. The molecular formula is C17H20N2O2. The summed E-state index contributed by atoms with van der Waals surface area (Å²) in [7, 11) is 2.04. The van der Waals surface area contributed by atoms with Crippen molar-refractivity contribution in [1.82, 2.24) is 9.88 Å². The maximum atomic E-state index is 11.2. The zero-order valence-corrected chi connectivity index (χ0v) is 12.4. The number of likely N-dealkylation sites (N-methyl/N-ethyl adjacent to an activating group) is 1. The minimum absolute atomic E-state index is 0.246. The van der Waals surface area contributed by atoms with Crippen LogP contribution in [0.4, 0.5) is 0 Å². The van der Waals surface area contributed by atoms with Crippen LogP contribution in [0.3, 0.4) is 0 Å². The Bertz CT molecular complexity index is 599. The number of rotatable bonds is 6. The van der Waals surface area contributed by atoms with Crippen LogP contribution in [-0.4, -0.2) is 34.6 Å². The molecule has 1 aromatic heterocycles. The van der Waals surface area contributed by atoms with E-state index in [1.54, 1.807) is 18.3 Å². The molecule has 0 aliphatic carbocycles. The Kier molecular flexibility index (Phi) is 5.06. The summed E-state index contributed by atoms with van der Waals surface area (Å²) < 4.78 is 0. The molecule has 2 rings (SSSR count). The number of hydrogen-bond acceptors (Lipinski definition) is 3. The second kappa shape index (κ2) is 6.99. The Balaban J connectivity index is 2.01. The summed E-state index contributed by atoms with van der Waals surface area (Å²) in [5.41, 5.74) is 2.42. The molecule has 0 aliphatic heterocycles. The van der Waals surface area contributed by atoms with Gasteiger partial charge >= 0.3 is 5.97 Å². The van der Waals surface area contributed by atoms with E-state index in [-0.39, 0.29) is 6.04 Å². The number of aromatic carboxylic acids is 1. The van der Waals surface area contributed by atoms with Crippen LogP contribution in [-0.2, 0) is 6.42 Å². The van der Waals surface area contributed by atoms with Gasteiger partial charge in [-0.3, -0.25) is 9.88 Å². The average Bonchev–Trinajstić information content (AvgIpc) is 2.52. The highest BCUT2D eigenvalue weighted by molar-refractivity contribution is 5.89. The molecule has 1 atom stereocenters. The van der Waals surface area contributed by atoms with Crippen LogP contribution in [0.25, 0.3) is 0 Å². The van der Waals surface area contributed by atoms with Gasteiger partial charge in [0.15, 0.2) is 0 Å². The lowest BCUT2D eigenvalue weighted by atomic mass is 10.0. The van der Waals surface area contributed by atoms with Crippen LogP contribution in [0.15, 0.2) is 48.8 Å². The highest BCUT2D eigenvalue weighted by atomic mass is 16.4.